The molecule has 1 aliphatic heterocycles. The van der Waals surface area contributed by atoms with Crippen molar-refractivity contribution in [1.29, 1.82) is 0 Å². The molecule has 3 N–H and O–H groups in total. The summed E-state index contributed by atoms with van der Waals surface area (Å²) in [4.78, 5) is 0. The van der Waals surface area contributed by atoms with E-state index in [-0.39, 0.29) is 6.10 Å². The normalized spacial score (nSPS) is 20.5. The Kier molecular flexibility index (Phi) is 4.53. The van der Waals surface area contributed by atoms with Crippen LogP contribution in [-0.4, -0.2) is 50.6 Å². The van der Waals surface area contributed by atoms with E-state index in [9.17, 15) is 5.11 Å². The summed E-state index contributed by atoms with van der Waals surface area (Å²) in [5, 5.41) is 15.8. The molecule has 4 heteroatoms. The van der Waals surface area contributed by atoms with Crippen molar-refractivity contribution in [3.63, 3.8) is 0 Å². The maximum atomic E-state index is 9.27. The van der Waals surface area contributed by atoms with Crippen LogP contribution in [-0.2, 0) is 4.74 Å². The summed E-state index contributed by atoms with van der Waals surface area (Å²) in [5.41, 5.74) is 0. The van der Waals surface area contributed by atoms with Crippen LogP contribution in [0.4, 0.5) is 0 Å². The van der Waals surface area contributed by atoms with Crippen molar-refractivity contribution in [2.24, 2.45) is 0 Å². The first kappa shape index (κ1) is 9.92. The van der Waals surface area contributed by atoms with Gasteiger partial charge in [0.1, 0.15) is 0 Å². The highest BCUT2D eigenvalue weighted by molar-refractivity contribution is 4.81. The zero-order valence-corrected chi connectivity index (χ0v) is 7.55. The van der Waals surface area contributed by atoms with E-state index in [0.29, 0.717) is 12.6 Å². The van der Waals surface area contributed by atoms with E-state index >= 15 is 0 Å². The number of hydrogen-bond acceptors (Lipinski definition) is 4. The second-order valence-corrected chi connectivity index (χ2v) is 3.21. The first-order valence-corrected chi connectivity index (χ1v) is 4.44. The van der Waals surface area contributed by atoms with E-state index in [4.69, 9.17) is 4.74 Å². The standard InChI is InChI=1S/C8H18N2O2/c1-12-6-8(11)2-3-10-7-4-9-5-7/h7-11H,2-6H2,1H3. The molecule has 12 heavy (non-hydrogen) atoms. The minimum Gasteiger partial charge on any atom is -0.391 e. The Hall–Kier alpha value is -0.160. The molecule has 0 aliphatic carbocycles. The summed E-state index contributed by atoms with van der Waals surface area (Å²) in [6.45, 7) is 3.42. The molecule has 0 spiro atoms. The molecule has 1 heterocycles. The molecule has 0 amide bonds. The maximum Gasteiger partial charge on any atom is 0.0785 e. The van der Waals surface area contributed by atoms with Crippen molar-refractivity contribution in [2.75, 3.05) is 33.4 Å². The number of nitrogens with one attached hydrogen (secondary N) is 2. The van der Waals surface area contributed by atoms with Crippen LogP contribution in [0.5, 0.6) is 0 Å². The van der Waals surface area contributed by atoms with E-state index in [2.05, 4.69) is 10.6 Å². The van der Waals surface area contributed by atoms with Crippen molar-refractivity contribution in [1.82, 2.24) is 10.6 Å². The smallest absolute Gasteiger partial charge is 0.0785 e. The van der Waals surface area contributed by atoms with E-state index < -0.39 is 0 Å². The second kappa shape index (κ2) is 5.48. The Morgan fingerprint density at radius 3 is 2.92 bits per heavy atom. The summed E-state index contributed by atoms with van der Waals surface area (Å²) in [6.07, 6.45) is 0.445. The van der Waals surface area contributed by atoms with Crippen LogP contribution < -0.4 is 10.6 Å². The number of ether oxygens (including phenoxy) is 1. The van der Waals surface area contributed by atoms with Gasteiger partial charge in [-0.25, -0.2) is 0 Å². The summed E-state index contributed by atoms with van der Waals surface area (Å²) in [5.74, 6) is 0. The Labute approximate surface area is 73.3 Å². The molecule has 1 aliphatic rings. The molecular weight excluding hydrogens is 156 g/mol. The van der Waals surface area contributed by atoms with Crippen LogP contribution in [0.3, 0.4) is 0 Å². The molecule has 1 atom stereocenters. The topological polar surface area (TPSA) is 53.5 Å². The largest absolute Gasteiger partial charge is 0.391 e. The van der Waals surface area contributed by atoms with Gasteiger partial charge in [0.15, 0.2) is 0 Å². The predicted octanol–water partition coefficient (Wildman–Crippen LogP) is -1.05. The number of hydrogen-bond donors (Lipinski definition) is 3. The lowest BCUT2D eigenvalue weighted by molar-refractivity contribution is 0.0586. The van der Waals surface area contributed by atoms with Gasteiger partial charge in [0.05, 0.1) is 12.7 Å². The number of aliphatic hydroxyl groups is 1. The zero-order chi connectivity index (χ0) is 8.81. The molecule has 0 radical (unpaired) electrons. The maximum absolute atomic E-state index is 9.27. The van der Waals surface area contributed by atoms with E-state index in [1.54, 1.807) is 7.11 Å². The van der Waals surface area contributed by atoms with Gasteiger partial charge in [-0.2, -0.15) is 0 Å². The molecule has 4 nitrogen and oxygen atoms in total. The fourth-order valence-corrected chi connectivity index (χ4v) is 1.16. The van der Waals surface area contributed by atoms with E-state index in [0.717, 1.165) is 26.1 Å². The lowest BCUT2D eigenvalue weighted by Crippen LogP contribution is -2.55. The molecule has 1 fully saturated rings. The lowest BCUT2D eigenvalue weighted by Gasteiger charge is -2.28. The first-order chi connectivity index (χ1) is 5.83. The zero-order valence-electron chi connectivity index (χ0n) is 7.55. The van der Waals surface area contributed by atoms with Gasteiger partial charge in [-0.15, -0.1) is 0 Å². The Balaban J connectivity index is 1.86. The minimum absolute atomic E-state index is 0.324. The highest BCUT2D eigenvalue weighted by Gasteiger charge is 2.15. The first-order valence-electron chi connectivity index (χ1n) is 4.44. The molecule has 0 bridgehead atoms. The molecular formula is C8H18N2O2. The van der Waals surface area contributed by atoms with Crippen LogP contribution in [0.25, 0.3) is 0 Å². The number of rotatable bonds is 6. The molecule has 72 valence electrons. The lowest BCUT2D eigenvalue weighted by atomic mass is 10.1. The van der Waals surface area contributed by atoms with Crippen LogP contribution >= 0.6 is 0 Å². The van der Waals surface area contributed by atoms with Gasteiger partial charge in [-0.1, -0.05) is 0 Å². The molecule has 1 rings (SSSR count). The fourth-order valence-electron chi connectivity index (χ4n) is 1.16. The molecule has 1 unspecified atom stereocenters. The van der Waals surface area contributed by atoms with Gasteiger partial charge in [0, 0.05) is 26.2 Å². The third kappa shape index (κ3) is 3.49. The second-order valence-electron chi connectivity index (χ2n) is 3.21. The van der Waals surface area contributed by atoms with E-state index in [1.807, 2.05) is 0 Å². The third-order valence-corrected chi connectivity index (χ3v) is 2.05. The Morgan fingerprint density at radius 2 is 2.42 bits per heavy atom. The summed E-state index contributed by atoms with van der Waals surface area (Å²) in [7, 11) is 1.60. The fraction of sp³-hybridized carbons (Fsp3) is 1.00. The van der Waals surface area contributed by atoms with Gasteiger partial charge in [-0.3, -0.25) is 0 Å². The SMILES string of the molecule is COCC(O)CCNC1CNC1. The predicted molar refractivity (Wildman–Crippen MR) is 47.2 cm³/mol. The van der Waals surface area contributed by atoms with Crippen molar-refractivity contribution in [3.05, 3.63) is 0 Å². The molecule has 0 aromatic heterocycles. The number of methoxy groups -OCH3 is 1. The van der Waals surface area contributed by atoms with Crippen LogP contribution in [0.1, 0.15) is 6.42 Å². The quantitative estimate of drug-likeness (QED) is 0.481. The van der Waals surface area contributed by atoms with Crippen LogP contribution in [0, 0.1) is 0 Å². The van der Waals surface area contributed by atoms with Crippen LogP contribution in [0.2, 0.25) is 0 Å². The Bertz CT molecular complexity index is 118. The summed E-state index contributed by atoms with van der Waals surface area (Å²) >= 11 is 0. The monoisotopic (exact) mass is 174 g/mol. The van der Waals surface area contributed by atoms with Crippen molar-refractivity contribution >= 4 is 0 Å². The Morgan fingerprint density at radius 1 is 1.67 bits per heavy atom. The van der Waals surface area contributed by atoms with Crippen LogP contribution in [0.15, 0.2) is 0 Å². The molecule has 0 aromatic rings. The molecule has 1 saturated heterocycles. The van der Waals surface area contributed by atoms with Gasteiger partial charge in [-0.05, 0) is 13.0 Å². The molecule has 0 aromatic carbocycles. The highest BCUT2D eigenvalue weighted by atomic mass is 16.5. The summed E-state index contributed by atoms with van der Waals surface area (Å²) < 4.78 is 4.81. The highest BCUT2D eigenvalue weighted by Crippen LogP contribution is 1.94. The van der Waals surface area contributed by atoms with Crippen molar-refractivity contribution in [3.8, 4) is 0 Å². The van der Waals surface area contributed by atoms with Gasteiger partial charge >= 0.3 is 0 Å². The molecule has 0 saturated carbocycles. The average Bonchev–Trinajstić information content (AvgIpc) is 1.95. The van der Waals surface area contributed by atoms with Crippen molar-refractivity contribution in [2.45, 2.75) is 18.6 Å². The average molecular weight is 174 g/mol. The van der Waals surface area contributed by atoms with E-state index in [1.165, 1.54) is 0 Å². The van der Waals surface area contributed by atoms with Gasteiger partial charge in [0.25, 0.3) is 0 Å². The summed E-state index contributed by atoms with van der Waals surface area (Å²) in [6, 6.07) is 0.611. The van der Waals surface area contributed by atoms with Gasteiger partial charge in [0.2, 0.25) is 0 Å². The van der Waals surface area contributed by atoms with Crippen molar-refractivity contribution < 1.29 is 9.84 Å². The minimum atomic E-state index is -0.324. The third-order valence-electron chi connectivity index (χ3n) is 2.05. The van der Waals surface area contributed by atoms with Gasteiger partial charge < -0.3 is 20.5 Å². The number of aliphatic hydroxyl groups excluding tert-OH is 1.